The minimum absolute atomic E-state index is 0.00334. The number of hydrogen-bond donors (Lipinski definition) is 0. The van der Waals surface area contributed by atoms with Gasteiger partial charge in [-0.1, -0.05) is 26.0 Å². The first-order chi connectivity index (χ1) is 13.4. The lowest BCUT2D eigenvalue weighted by Crippen LogP contribution is -2.08. The molecule has 5 nitrogen and oxygen atoms in total. The van der Waals surface area contributed by atoms with E-state index in [1.165, 1.54) is 6.07 Å². The second-order valence-electron chi connectivity index (χ2n) is 7.22. The minimum Gasteiger partial charge on any atom is -0.494 e. The maximum absolute atomic E-state index is 12.3. The molecule has 0 fully saturated rings. The summed E-state index contributed by atoms with van der Waals surface area (Å²) >= 11 is 0. The molecule has 0 spiro atoms. The van der Waals surface area contributed by atoms with Crippen LogP contribution in [0.5, 0.6) is 5.75 Å². The minimum atomic E-state index is -0.466. The number of benzene rings is 2. The summed E-state index contributed by atoms with van der Waals surface area (Å²) in [6.07, 6.45) is 0.975. The summed E-state index contributed by atoms with van der Waals surface area (Å²) in [5, 5.41) is 0.756. The van der Waals surface area contributed by atoms with E-state index in [0.717, 1.165) is 23.1 Å². The molecule has 2 aromatic carbocycles. The van der Waals surface area contributed by atoms with Gasteiger partial charge in [-0.2, -0.15) is 0 Å². The molecule has 28 heavy (non-hydrogen) atoms. The van der Waals surface area contributed by atoms with Crippen LogP contribution in [0, 0.1) is 12.8 Å². The normalized spacial score (nSPS) is 11.0. The van der Waals surface area contributed by atoms with Crippen LogP contribution in [0.4, 0.5) is 0 Å². The molecule has 146 valence electrons. The number of rotatable bonds is 7. The highest BCUT2D eigenvalue weighted by Crippen LogP contribution is 2.20. The second-order valence-corrected chi connectivity index (χ2v) is 7.22. The Balaban J connectivity index is 1.66. The van der Waals surface area contributed by atoms with Crippen molar-refractivity contribution in [1.82, 2.24) is 0 Å². The van der Waals surface area contributed by atoms with Gasteiger partial charge in [-0.15, -0.1) is 0 Å². The van der Waals surface area contributed by atoms with Crippen molar-refractivity contribution in [3.63, 3.8) is 0 Å². The van der Waals surface area contributed by atoms with Crippen molar-refractivity contribution in [3.8, 4) is 5.75 Å². The van der Waals surface area contributed by atoms with Crippen molar-refractivity contribution in [2.45, 2.75) is 33.8 Å². The SMILES string of the molecule is Cc1ccc2c(COC(=O)c3ccc(OCCC(C)C)cc3)cc(=O)oc2c1. The van der Waals surface area contributed by atoms with E-state index in [0.29, 0.717) is 29.2 Å². The highest BCUT2D eigenvalue weighted by atomic mass is 16.5. The van der Waals surface area contributed by atoms with E-state index < -0.39 is 11.6 Å². The predicted octanol–water partition coefficient (Wildman–Crippen LogP) is 4.88. The first-order valence-corrected chi connectivity index (χ1v) is 9.36. The lowest BCUT2D eigenvalue weighted by molar-refractivity contribution is 0.0474. The maximum Gasteiger partial charge on any atom is 0.338 e. The van der Waals surface area contributed by atoms with Crippen molar-refractivity contribution in [2.75, 3.05) is 6.61 Å². The van der Waals surface area contributed by atoms with Gasteiger partial charge in [-0.25, -0.2) is 9.59 Å². The fraction of sp³-hybridized carbons (Fsp3) is 0.304. The van der Waals surface area contributed by atoms with Crippen LogP contribution in [-0.2, 0) is 11.3 Å². The summed E-state index contributed by atoms with van der Waals surface area (Å²) in [6.45, 7) is 6.84. The lowest BCUT2D eigenvalue weighted by Gasteiger charge is -2.10. The van der Waals surface area contributed by atoms with Gasteiger partial charge in [-0.05, 0) is 55.2 Å². The van der Waals surface area contributed by atoms with Crippen molar-refractivity contribution in [2.24, 2.45) is 5.92 Å². The van der Waals surface area contributed by atoms with Crippen molar-refractivity contribution >= 4 is 16.9 Å². The molecular formula is C23H24O5. The molecule has 0 bridgehead atoms. The van der Waals surface area contributed by atoms with Crippen LogP contribution < -0.4 is 10.4 Å². The number of hydrogen-bond acceptors (Lipinski definition) is 5. The van der Waals surface area contributed by atoms with E-state index in [2.05, 4.69) is 13.8 Å². The average molecular weight is 380 g/mol. The van der Waals surface area contributed by atoms with Gasteiger partial charge in [0.15, 0.2) is 0 Å². The Morgan fingerprint density at radius 1 is 1.07 bits per heavy atom. The Labute approximate surface area is 163 Å². The zero-order valence-electron chi connectivity index (χ0n) is 16.4. The van der Waals surface area contributed by atoms with Crippen LogP contribution in [0.25, 0.3) is 11.0 Å². The Morgan fingerprint density at radius 3 is 2.54 bits per heavy atom. The molecule has 0 atom stereocenters. The smallest absolute Gasteiger partial charge is 0.338 e. The zero-order chi connectivity index (χ0) is 20.1. The zero-order valence-corrected chi connectivity index (χ0v) is 16.4. The second kappa shape index (κ2) is 8.74. The van der Waals surface area contributed by atoms with E-state index in [1.54, 1.807) is 30.3 Å². The van der Waals surface area contributed by atoms with Gasteiger partial charge in [-0.3, -0.25) is 0 Å². The molecule has 0 aliphatic rings. The van der Waals surface area contributed by atoms with E-state index in [1.807, 2.05) is 19.1 Å². The third-order valence-corrected chi connectivity index (χ3v) is 4.40. The van der Waals surface area contributed by atoms with Crippen LogP contribution in [0.3, 0.4) is 0 Å². The number of fused-ring (bicyclic) bond motifs is 1. The first kappa shape index (κ1) is 19.7. The van der Waals surface area contributed by atoms with E-state index in [9.17, 15) is 9.59 Å². The van der Waals surface area contributed by atoms with Gasteiger partial charge < -0.3 is 13.9 Å². The molecule has 0 aliphatic heterocycles. The lowest BCUT2D eigenvalue weighted by atomic mass is 10.1. The largest absolute Gasteiger partial charge is 0.494 e. The molecule has 0 aliphatic carbocycles. The number of carbonyl (C=O) groups is 1. The Bertz CT molecular complexity index is 1020. The summed E-state index contributed by atoms with van der Waals surface area (Å²) in [5.41, 5.74) is 2.06. The Hall–Kier alpha value is -3.08. The molecule has 0 saturated heterocycles. The van der Waals surface area contributed by atoms with E-state index >= 15 is 0 Å². The van der Waals surface area contributed by atoms with Crippen LogP contribution in [-0.4, -0.2) is 12.6 Å². The van der Waals surface area contributed by atoms with Gasteiger partial charge in [0.2, 0.25) is 0 Å². The monoisotopic (exact) mass is 380 g/mol. The van der Waals surface area contributed by atoms with Crippen LogP contribution in [0.1, 0.15) is 41.8 Å². The summed E-state index contributed by atoms with van der Waals surface area (Å²) in [4.78, 5) is 24.1. The molecule has 0 amide bonds. The average Bonchev–Trinajstić information content (AvgIpc) is 2.65. The van der Waals surface area contributed by atoms with E-state index in [-0.39, 0.29) is 6.61 Å². The van der Waals surface area contributed by atoms with Crippen LogP contribution in [0.2, 0.25) is 0 Å². The molecule has 5 heteroatoms. The maximum atomic E-state index is 12.3. The number of carbonyl (C=O) groups excluding carboxylic acids is 1. The summed E-state index contributed by atoms with van der Waals surface area (Å²) < 4.78 is 16.3. The van der Waals surface area contributed by atoms with Crippen LogP contribution in [0.15, 0.2) is 57.7 Å². The molecule has 1 aromatic heterocycles. The third-order valence-electron chi connectivity index (χ3n) is 4.40. The molecule has 0 unspecified atom stereocenters. The number of esters is 1. The summed E-state index contributed by atoms with van der Waals surface area (Å²) in [6, 6.07) is 13.8. The van der Waals surface area contributed by atoms with Gasteiger partial charge in [0.1, 0.15) is 17.9 Å². The molecule has 0 saturated carbocycles. The Kier molecular flexibility index (Phi) is 6.14. The standard InChI is InChI=1S/C23H24O5/c1-15(2)10-11-26-19-7-5-17(6-8-19)23(25)27-14-18-13-22(24)28-21-12-16(3)4-9-20(18)21/h4-9,12-13,15H,10-11,14H2,1-3H3. The van der Waals surface area contributed by atoms with Crippen molar-refractivity contribution < 1.29 is 18.7 Å². The molecule has 3 rings (SSSR count). The number of ether oxygens (including phenoxy) is 2. The number of aryl methyl sites for hydroxylation is 1. The van der Waals surface area contributed by atoms with E-state index in [4.69, 9.17) is 13.9 Å². The van der Waals surface area contributed by atoms with Gasteiger partial charge >= 0.3 is 11.6 Å². The molecule has 1 heterocycles. The van der Waals surface area contributed by atoms with Crippen molar-refractivity contribution in [1.29, 1.82) is 0 Å². The van der Waals surface area contributed by atoms with Gasteiger partial charge in [0.25, 0.3) is 0 Å². The first-order valence-electron chi connectivity index (χ1n) is 9.36. The fourth-order valence-electron chi connectivity index (χ4n) is 2.78. The molecule has 0 N–H and O–H groups in total. The summed E-state index contributed by atoms with van der Waals surface area (Å²) in [7, 11) is 0. The van der Waals surface area contributed by atoms with Gasteiger partial charge in [0, 0.05) is 17.0 Å². The fourth-order valence-corrected chi connectivity index (χ4v) is 2.78. The topological polar surface area (TPSA) is 65.7 Å². The molecule has 0 radical (unpaired) electrons. The Morgan fingerprint density at radius 2 is 1.82 bits per heavy atom. The molecule has 3 aromatic rings. The third kappa shape index (κ3) is 5.00. The molecular weight excluding hydrogens is 356 g/mol. The highest BCUT2D eigenvalue weighted by molar-refractivity contribution is 5.89. The van der Waals surface area contributed by atoms with Gasteiger partial charge in [0.05, 0.1) is 12.2 Å². The highest BCUT2D eigenvalue weighted by Gasteiger charge is 2.11. The van der Waals surface area contributed by atoms with Crippen molar-refractivity contribution in [3.05, 3.63) is 75.6 Å². The predicted molar refractivity (Wildman–Crippen MR) is 108 cm³/mol. The van der Waals surface area contributed by atoms with Crippen LogP contribution >= 0.6 is 0 Å². The summed E-state index contributed by atoms with van der Waals surface area (Å²) in [5.74, 6) is 0.844. The quantitative estimate of drug-likeness (QED) is 0.432.